The summed E-state index contributed by atoms with van der Waals surface area (Å²) in [5, 5.41) is 3.11. The molecule has 0 aliphatic carbocycles. The standard InChI is InChI=1S/C14H22N4O/c1-3-14(4-2)9-18(10-14)13(19)16-11-5-7-17-8-6-15-12(11)17/h6,8,11H,3-5,7,9-10H2,1-2H3,(H,16,19). The maximum atomic E-state index is 12.2. The number of rotatable bonds is 3. The number of hydrogen-bond acceptors (Lipinski definition) is 2. The summed E-state index contributed by atoms with van der Waals surface area (Å²) in [4.78, 5) is 18.5. The summed E-state index contributed by atoms with van der Waals surface area (Å²) in [6, 6.07) is 0.153. The zero-order valence-electron chi connectivity index (χ0n) is 11.7. The van der Waals surface area contributed by atoms with Crippen LogP contribution in [0.2, 0.25) is 0 Å². The summed E-state index contributed by atoms with van der Waals surface area (Å²) in [5.41, 5.74) is 0.367. The number of carbonyl (C=O) groups is 1. The van der Waals surface area contributed by atoms with Crippen LogP contribution in [0.4, 0.5) is 4.79 Å². The number of nitrogens with one attached hydrogen (secondary N) is 1. The molecule has 19 heavy (non-hydrogen) atoms. The quantitative estimate of drug-likeness (QED) is 0.907. The number of likely N-dealkylation sites (tertiary alicyclic amines) is 1. The maximum Gasteiger partial charge on any atom is 0.318 e. The van der Waals surface area contributed by atoms with Crippen LogP contribution >= 0.6 is 0 Å². The van der Waals surface area contributed by atoms with E-state index in [1.165, 1.54) is 0 Å². The van der Waals surface area contributed by atoms with Crippen molar-refractivity contribution in [2.24, 2.45) is 5.41 Å². The van der Waals surface area contributed by atoms with Gasteiger partial charge < -0.3 is 14.8 Å². The molecule has 0 radical (unpaired) electrons. The summed E-state index contributed by atoms with van der Waals surface area (Å²) in [7, 11) is 0. The van der Waals surface area contributed by atoms with E-state index >= 15 is 0 Å². The van der Waals surface area contributed by atoms with Crippen molar-refractivity contribution in [3.63, 3.8) is 0 Å². The van der Waals surface area contributed by atoms with Crippen molar-refractivity contribution >= 4 is 6.03 Å². The molecule has 1 unspecified atom stereocenters. The highest BCUT2D eigenvalue weighted by Crippen LogP contribution is 2.37. The highest BCUT2D eigenvalue weighted by molar-refractivity contribution is 5.75. The van der Waals surface area contributed by atoms with Crippen molar-refractivity contribution in [3.8, 4) is 0 Å². The van der Waals surface area contributed by atoms with E-state index in [0.717, 1.165) is 44.7 Å². The van der Waals surface area contributed by atoms with Crippen LogP contribution in [-0.2, 0) is 6.54 Å². The lowest BCUT2D eigenvalue weighted by Crippen LogP contribution is -2.60. The SMILES string of the molecule is CCC1(CC)CN(C(=O)NC2CCn3ccnc32)C1. The lowest BCUT2D eigenvalue weighted by molar-refractivity contribution is 0.0236. The first-order valence-electron chi connectivity index (χ1n) is 7.24. The van der Waals surface area contributed by atoms with Gasteiger partial charge >= 0.3 is 6.03 Å². The van der Waals surface area contributed by atoms with Crippen LogP contribution in [0.25, 0.3) is 0 Å². The molecule has 0 aromatic carbocycles. The van der Waals surface area contributed by atoms with Crippen molar-refractivity contribution in [2.75, 3.05) is 13.1 Å². The lowest BCUT2D eigenvalue weighted by Gasteiger charge is -2.49. The Balaban J connectivity index is 1.57. The summed E-state index contributed by atoms with van der Waals surface area (Å²) < 4.78 is 2.11. The van der Waals surface area contributed by atoms with Crippen LogP contribution in [0.1, 0.15) is 45.0 Å². The molecule has 1 aromatic heterocycles. The molecule has 2 amide bonds. The molecule has 3 heterocycles. The second kappa shape index (κ2) is 4.54. The molecule has 5 nitrogen and oxygen atoms in total. The van der Waals surface area contributed by atoms with Gasteiger partial charge in [0.25, 0.3) is 0 Å². The number of aromatic nitrogens is 2. The molecule has 2 aliphatic rings. The molecule has 5 heteroatoms. The fraction of sp³-hybridized carbons (Fsp3) is 0.714. The lowest BCUT2D eigenvalue weighted by atomic mass is 9.75. The molecule has 1 atom stereocenters. The molecular formula is C14H22N4O. The van der Waals surface area contributed by atoms with Crippen LogP contribution < -0.4 is 5.32 Å². The molecule has 104 valence electrons. The molecule has 2 aliphatic heterocycles. The fourth-order valence-electron chi connectivity index (χ4n) is 3.20. The van der Waals surface area contributed by atoms with Crippen molar-refractivity contribution < 1.29 is 4.79 Å². The third kappa shape index (κ3) is 2.01. The highest BCUT2D eigenvalue weighted by atomic mass is 16.2. The number of hydrogen-bond donors (Lipinski definition) is 1. The van der Waals surface area contributed by atoms with Gasteiger partial charge in [-0.15, -0.1) is 0 Å². The van der Waals surface area contributed by atoms with E-state index in [0.29, 0.717) is 5.41 Å². The second-order valence-electron chi connectivity index (χ2n) is 5.83. The van der Waals surface area contributed by atoms with Crippen molar-refractivity contribution in [2.45, 2.75) is 45.7 Å². The highest BCUT2D eigenvalue weighted by Gasteiger charge is 2.42. The minimum Gasteiger partial charge on any atom is -0.333 e. The predicted octanol–water partition coefficient (Wildman–Crippen LogP) is 2.16. The van der Waals surface area contributed by atoms with Crippen molar-refractivity contribution in [1.29, 1.82) is 0 Å². The Bertz CT molecular complexity index is 470. The topological polar surface area (TPSA) is 50.2 Å². The number of carbonyl (C=O) groups excluding carboxylic acids is 1. The van der Waals surface area contributed by atoms with E-state index in [9.17, 15) is 4.79 Å². The van der Waals surface area contributed by atoms with Crippen LogP contribution in [0, 0.1) is 5.41 Å². The van der Waals surface area contributed by atoms with E-state index in [1.807, 2.05) is 11.1 Å². The van der Waals surface area contributed by atoms with Crippen LogP contribution in [-0.4, -0.2) is 33.6 Å². The number of imidazole rings is 1. The minimum absolute atomic E-state index is 0.0685. The summed E-state index contributed by atoms with van der Waals surface area (Å²) in [5.74, 6) is 0.992. The largest absolute Gasteiger partial charge is 0.333 e. The first-order chi connectivity index (χ1) is 9.17. The van der Waals surface area contributed by atoms with Gasteiger partial charge in [-0.1, -0.05) is 13.8 Å². The van der Waals surface area contributed by atoms with Gasteiger partial charge in [0.05, 0.1) is 6.04 Å². The van der Waals surface area contributed by atoms with Gasteiger partial charge in [-0.25, -0.2) is 9.78 Å². The van der Waals surface area contributed by atoms with Gasteiger partial charge in [0, 0.05) is 37.4 Å². The first kappa shape index (κ1) is 12.5. The Morgan fingerprint density at radius 3 is 2.89 bits per heavy atom. The van der Waals surface area contributed by atoms with Gasteiger partial charge in [-0.2, -0.15) is 0 Å². The Labute approximate surface area is 114 Å². The van der Waals surface area contributed by atoms with E-state index in [4.69, 9.17) is 0 Å². The third-order valence-corrected chi connectivity index (χ3v) is 4.86. The summed E-state index contributed by atoms with van der Waals surface area (Å²) >= 11 is 0. The predicted molar refractivity (Wildman–Crippen MR) is 72.7 cm³/mol. The minimum atomic E-state index is 0.0685. The second-order valence-corrected chi connectivity index (χ2v) is 5.83. The Kier molecular flexibility index (Phi) is 2.99. The van der Waals surface area contributed by atoms with Gasteiger partial charge in [0.2, 0.25) is 0 Å². The monoisotopic (exact) mass is 262 g/mol. The van der Waals surface area contributed by atoms with Gasteiger partial charge in [0.1, 0.15) is 5.82 Å². The number of amides is 2. The Morgan fingerprint density at radius 1 is 1.47 bits per heavy atom. The smallest absolute Gasteiger partial charge is 0.318 e. The zero-order chi connectivity index (χ0) is 13.5. The normalized spacial score (nSPS) is 23.9. The van der Waals surface area contributed by atoms with E-state index in [2.05, 4.69) is 28.7 Å². The fourth-order valence-corrected chi connectivity index (χ4v) is 3.20. The first-order valence-corrected chi connectivity index (χ1v) is 7.24. The molecule has 3 rings (SSSR count). The van der Waals surface area contributed by atoms with Crippen molar-refractivity contribution in [3.05, 3.63) is 18.2 Å². The van der Waals surface area contributed by atoms with Gasteiger partial charge in [0.15, 0.2) is 0 Å². The Hall–Kier alpha value is -1.52. The van der Waals surface area contributed by atoms with Crippen LogP contribution in [0.3, 0.4) is 0 Å². The Morgan fingerprint density at radius 2 is 2.21 bits per heavy atom. The third-order valence-electron chi connectivity index (χ3n) is 4.86. The molecule has 0 bridgehead atoms. The molecular weight excluding hydrogens is 240 g/mol. The molecule has 1 aromatic rings. The molecule has 0 spiro atoms. The molecule has 1 fully saturated rings. The van der Waals surface area contributed by atoms with Crippen molar-refractivity contribution in [1.82, 2.24) is 19.8 Å². The van der Waals surface area contributed by atoms with Crippen LogP contribution in [0.5, 0.6) is 0 Å². The molecule has 1 saturated heterocycles. The number of urea groups is 1. The zero-order valence-corrected chi connectivity index (χ0v) is 11.7. The average Bonchev–Trinajstić information content (AvgIpc) is 2.94. The summed E-state index contributed by atoms with van der Waals surface area (Å²) in [6.45, 7) is 7.17. The van der Waals surface area contributed by atoms with E-state index in [1.54, 1.807) is 6.20 Å². The van der Waals surface area contributed by atoms with E-state index < -0.39 is 0 Å². The summed E-state index contributed by atoms with van der Waals surface area (Å²) in [6.07, 6.45) is 7.04. The maximum absolute atomic E-state index is 12.2. The average molecular weight is 262 g/mol. The number of nitrogens with zero attached hydrogens (tertiary/aromatic N) is 3. The van der Waals surface area contributed by atoms with Gasteiger partial charge in [-0.05, 0) is 19.3 Å². The van der Waals surface area contributed by atoms with E-state index in [-0.39, 0.29) is 12.1 Å². The molecule has 0 saturated carbocycles. The number of fused-ring (bicyclic) bond motifs is 1. The number of aryl methyl sites for hydroxylation is 1. The van der Waals surface area contributed by atoms with Crippen LogP contribution in [0.15, 0.2) is 12.4 Å². The van der Waals surface area contributed by atoms with Gasteiger partial charge in [-0.3, -0.25) is 0 Å². The molecule has 1 N–H and O–H groups in total.